The molecule has 0 aliphatic rings. The zero-order valence-electron chi connectivity index (χ0n) is 12.7. The Balaban J connectivity index is 2.52. The van der Waals surface area contributed by atoms with E-state index in [1.54, 1.807) is 12.3 Å². The monoisotopic (exact) mass is 309 g/mol. The number of nitrogens with zero attached hydrogens (tertiary/aromatic N) is 2. The van der Waals surface area contributed by atoms with Crippen LogP contribution < -0.4 is 5.32 Å². The SMILES string of the molecule is CCCNC(c1cc(C)ccc1F)c1c(Cl)cnn1CC. The van der Waals surface area contributed by atoms with E-state index in [2.05, 4.69) is 17.3 Å². The molecule has 0 radical (unpaired) electrons. The second-order valence-corrected chi connectivity index (χ2v) is 5.51. The molecule has 0 aliphatic carbocycles. The summed E-state index contributed by atoms with van der Waals surface area (Å²) in [6.07, 6.45) is 2.58. The highest BCUT2D eigenvalue weighted by Gasteiger charge is 2.24. The minimum Gasteiger partial charge on any atom is -0.305 e. The van der Waals surface area contributed by atoms with E-state index in [-0.39, 0.29) is 11.9 Å². The maximum atomic E-state index is 14.3. The third-order valence-corrected chi connectivity index (χ3v) is 3.76. The van der Waals surface area contributed by atoms with Gasteiger partial charge in [0.05, 0.1) is 23.0 Å². The molecule has 0 spiro atoms. The van der Waals surface area contributed by atoms with E-state index in [4.69, 9.17) is 11.6 Å². The molecular formula is C16H21ClFN3. The smallest absolute Gasteiger partial charge is 0.128 e. The van der Waals surface area contributed by atoms with Crippen LogP contribution >= 0.6 is 11.6 Å². The van der Waals surface area contributed by atoms with Crippen molar-refractivity contribution in [2.75, 3.05) is 6.54 Å². The summed E-state index contributed by atoms with van der Waals surface area (Å²) in [5, 5.41) is 8.21. The van der Waals surface area contributed by atoms with Crippen molar-refractivity contribution in [1.82, 2.24) is 15.1 Å². The Hall–Kier alpha value is -1.39. The molecule has 1 heterocycles. The molecular weight excluding hydrogens is 289 g/mol. The molecule has 0 aliphatic heterocycles. The summed E-state index contributed by atoms with van der Waals surface area (Å²) < 4.78 is 16.1. The minimum atomic E-state index is -0.292. The number of benzene rings is 1. The van der Waals surface area contributed by atoms with Crippen molar-refractivity contribution in [2.45, 2.75) is 39.8 Å². The summed E-state index contributed by atoms with van der Waals surface area (Å²) in [6, 6.07) is 4.85. The molecule has 114 valence electrons. The fraction of sp³-hybridized carbons (Fsp3) is 0.438. The number of rotatable bonds is 6. The molecule has 2 aromatic rings. The lowest BCUT2D eigenvalue weighted by molar-refractivity contribution is 0.505. The van der Waals surface area contributed by atoms with Crippen molar-refractivity contribution in [3.63, 3.8) is 0 Å². The second-order valence-electron chi connectivity index (χ2n) is 5.11. The average molecular weight is 310 g/mol. The van der Waals surface area contributed by atoms with Gasteiger partial charge in [0, 0.05) is 12.1 Å². The van der Waals surface area contributed by atoms with Gasteiger partial charge in [0.25, 0.3) is 0 Å². The maximum Gasteiger partial charge on any atom is 0.128 e. The Morgan fingerprint density at radius 1 is 1.38 bits per heavy atom. The number of aromatic nitrogens is 2. The predicted molar refractivity (Wildman–Crippen MR) is 84.2 cm³/mol. The molecule has 21 heavy (non-hydrogen) atoms. The molecule has 1 atom stereocenters. The van der Waals surface area contributed by atoms with Crippen LogP contribution in [-0.2, 0) is 6.54 Å². The summed E-state index contributed by atoms with van der Waals surface area (Å²) >= 11 is 6.29. The molecule has 0 saturated carbocycles. The van der Waals surface area contributed by atoms with E-state index in [0.717, 1.165) is 24.2 Å². The van der Waals surface area contributed by atoms with Crippen LogP contribution in [0.25, 0.3) is 0 Å². The van der Waals surface area contributed by atoms with Crippen LogP contribution in [0.2, 0.25) is 5.02 Å². The summed E-state index contributed by atoms with van der Waals surface area (Å²) in [5.41, 5.74) is 2.45. The highest BCUT2D eigenvalue weighted by molar-refractivity contribution is 6.31. The normalized spacial score (nSPS) is 12.6. The van der Waals surface area contributed by atoms with E-state index in [1.807, 2.05) is 24.6 Å². The van der Waals surface area contributed by atoms with Crippen LogP contribution in [0, 0.1) is 12.7 Å². The second kappa shape index (κ2) is 7.05. The maximum absolute atomic E-state index is 14.3. The lowest BCUT2D eigenvalue weighted by atomic mass is 10.0. The van der Waals surface area contributed by atoms with Crippen LogP contribution in [0.1, 0.15) is 43.1 Å². The largest absolute Gasteiger partial charge is 0.305 e. The standard InChI is InChI=1S/C16H21ClFN3/c1-4-8-19-15(12-9-11(3)6-7-14(12)18)16-13(17)10-20-21(16)5-2/h6-7,9-10,15,19H,4-5,8H2,1-3H3. The Bertz CT molecular complexity index is 610. The summed E-state index contributed by atoms with van der Waals surface area (Å²) in [4.78, 5) is 0. The van der Waals surface area contributed by atoms with Crippen molar-refractivity contribution in [3.05, 3.63) is 52.1 Å². The Kier molecular flexibility index (Phi) is 5.37. The summed E-state index contributed by atoms with van der Waals surface area (Å²) in [5.74, 6) is -0.228. The van der Waals surface area contributed by atoms with E-state index in [1.165, 1.54) is 6.07 Å². The zero-order valence-corrected chi connectivity index (χ0v) is 13.4. The first-order chi connectivity index (χ1) is 10.1. The van der Waals surface area contributed by atoms with Gasteiger partial charge in [0.1, 0.15) is 5.82 Å². The molecule has 0 bridgehead atoms. The molecule has 0 saturated heterocycles. The number of hydrogen-bond acceptors (Lipinski definition) is 2. The van der Waals surface area contributed by atoms with E-state index in [9.17, 15) is 4.39 Å². The molecule has 0 fully saturated rings. The van der Waals surface area contributed by atoms with Crippen molar-refractivity contribution < 1.29 is 4.39 Å². The van der Waals surface area contributed by atoms with Crippen molar-refractivity contribution in [2.24, 2.45) is 0 Å². The molecule has 3 nitrogen and oxygen atoms in total. The topological polar surface area (TPSA) is 29.9 Å². The van der Waals surface area contributed by atoms with Gasteiger partial charge in [-0.3, -0.25) is 4.68 Å². The van der Waals surface area contributed by atoms with Gasteiger partial charge in [-0.15, -0.1) is 0 Å². The number of aryl methyl sites for hydroxylation is 2. The van der Waals surface area contributed by atoms with Gasteiger partial charge < -0.3 is 5.32 Å². The minimum absolute atomic E-state index is 0.228. The van der Waals surface area contributed by atoms with E-state index in [0.29, 0.717) is 17.1 Å². The lowest BCUT2D eigenvalue weighted by Gasteiger charge is -2.21. The molecule has 5 heteroatoms. The number of halogens is 2. The van der Waals surface area contributed by atoms with Crippen LogP contribution in [0.3, 0.4) is 0 Å². The number of hydrogen-bond donors (Lipinski definition) is 1. The number of nitrogens with one attached hydrogen (secondary N) is 1. The fourth-order valence-electron chi connectivity index (χ4n) is 2.44. The highest BCUT2D eigenvalue weighted by Crippen LogP contribution is 2.30. The van der Waals surface area contributed by atoms with Gasteiger partial charge in [-0.25, -0.2) is 4.39 Å². The van der Waals surface area contributed by atoms with Crippen LogP contribution in [-0.4, -0.2) is 16.3 Å². The third kappa shape index (κ3) is 3.44. The first-order valence-corrected chi connectivity index (χ1v) is 7.66. The molecule has 1 aromatic carbocycles. The summed E-state index contributed by atoms with van der Waals surface area (Å²) in [7, 11) is 0. The molecule has 1 N–H and O–H groups in total. The van der Waals surface area contributed by atoms with Gasteiger partial charge in [0.15, 0.2) is 0 Å². The molecule has 1 unspecified atom stereocenters. The van der Waals surface area contributed by atoms with Gasteiger partial charge in [-0.05, 0) is 32.9 Å². The molecule has 2 rings (SSSR count). The van der Waals surface area contributed by atoms with Crippen LogP contribution in [0.15, 0.2) is 24.4 Å². The quantitative estimate of drug-likeness (QED) is 0.871. The van der Waals surface area contributed by atoms with E-state index < -0.39 is 0 Å². The van der Waals surface area contributed by atoms with Crippen molar-refractivity contribution in [1.29, 1.82) is 0 Å². The third-order valence-electron chi connectivity index (χ3n) is 3.47. The lowest BCUT2D eigenvalue weighted by Crippen LogP contribution is -2.27. The van der Waals surface area contributed by atoms with Crippen LogP contribution in [0.4, 0.5) is 4.39 Å². The van der Waals surface area contributed by atoms with Gasteiger partial charge in [0.2, 0.25) is 0 Å². The van der Waals surface area contributed by atoms with Gasteiger partial charge in [-0.1, -0.05) is 36.2 Å². The van der Waals surface area contributed by atoms with Crippen molar-refractivity contribution >= 4 is 11.6 Å². The Morgan fingerprint density at radius 3 is 2.81 bits per heavy atom. The molecule has 1 aromatic heterocycles. The average Bonchev–Trinajstić information content (AvgIpc) is 2.84. The highest BCUT2D eigenvalue weighted by atomic mass is 35.5. The first kappa shape index (κ1) is 16.0. The fourth-order valence-corrected chi connectivity index (χ4v) is 2.69. The molecule has 0 amide bonds. The predicted octanol–water partition coefficient (Wildman–Crippen LogP) is 4.09. The first-order valence-electron chi connectivity index (χ1n) is 7.29. The van der Waals surface area contributed by atoms with Crippen molar-refractivity contribution in [3.8, 4) is 0 Å². The van der Waals surface area contributed by atoms with E-state index >= 15 is 0 Å². The Morgan fingerprint density at radius 2 is 2.14 bits per heavy atom. The summed E-state index contributed by atoms with van der Waals surface area (Å²) in [6.45, 7) is 7.51. The van der Waals surface area contributed by atoms with Gasteiger partial charge >= 0.3 is 0 Å². The van der Waals surface area contributed by atoms with Crippen LogP contribution in [0.5, 0.6) is 0 Å². The zero-order chi connectivity index (χ0) is 15.4. The Labute approximate surface area is 130 Å². The van der Waals surface area contributed by atoms with Gasteiger partial charge in [-0.2, -0.15) is 5.10 Å².